The average molecular weight is 883 g/mol. The number of ether oxygens (including phenoxy) is 3. The van der Waals surface area contributed by atoms with Crippen molar-refractivity contribution in [2.45, 2.75) is 284 Å². The first-order valence-corrected chi connectivity index (χ1v) is 27.1. The fraction of sp³-hybridized carbons (Fsp3) is 0.807. The third-order valence-corrected chi connectivity index (χ3v) is 11.8. The van der Waals surface area contributed by atoms with E-state index in [-0.39, 0.29) is 31.1 Å². The third kappa shape index (κ3) is 50.2. The smallest absolute Gasteiger partial charge is 0.306 e. The summed E-state index contributed by atoms with van der Waals surface area (Å²) in [4.78, 5) is 38.0. The zero-order valence-corrected chi connectivity index (χ0v) is 41.8. The predicted octanol–water partition coefficient (Wildman–Crippen LogP) is 17.9. The van der Waals surface area contributed by atoms with Crippen LogP contribution in [0.15, 0.2) is 48.6 Å². The Hall–Kier alpha value is -2.63. The molecule has 0 atom stereocenters. The van der Waals surface area contributed by atoms with Crippen molar-refractivity contribution < 1.29 is 28.6 Å². The molecule has 0 bridgehead atoms. The SMILES string of the molecule is CCCCC/C=C\C/C=C\C/C=C\C/C=C\CCCCCC(=O)OC(COC(=O)CCCCCCCCCCCCCCC)COC(=O)CCCCCCCCCCCCCCC. The maximum Gasteiger partial charge on any atom is 0.306 e. The fourth-order valence-electron chi connectivity index (χ4n) is 7.72. The van der Waals surface area contributed by atoms with Crippen LogP contribution in [0.4, 0.5) is 0 Å². The summed E-state index contributed by atoms with van der Waals surface area (Å²) in [6.45, 7) is 6.60. The van der Waals surface area contributed by atoms with Gasteiger partial charge in [-0.3, -0.25) is 14.4 Å². The lowest BCUT2D eigenvalue weighted by atomic mass is 10.0. The quantitative estimate of drug-likeness (QED) is 0.0262. The largest absolute Gasteiger partial charge is 0.462 e. The van der Waals surface area contributed by atoms with Crippen molar-refractivity contribution in [3.8, 4) is 0 Å². The maximum atomic E-state index is 12.8. The van der Waals surface area contributed by atoms with E-state index in [9.17, 15) is 14.4 Å². The van der Waals surface area contributed by atoms with E-state index in [1.807, 2.05) is 0 Å². The monoisotopic (exact) mass is 883 g/mol. The number of allylic oxidation sites excluding steroid dienone is 8. The van der Waals surface area contributed by atoms with E-state index in [0.717, 1.165) is 83.5 Å². The maximum absolute atomic E-state index is 12.8. The molecule has 0 rings (SSSR count). The number of esters is 3. The molecule has 0 heterocycles. The molecular formula is C57H102O6. The molecule has 0 aromatic heterocycles. The average Bonchev–Trinajstić information content (AvgIpc) is 3.28. The Bertz CT molecular complexity index is 1060. The van der Waals surface area contributed by atoms with Crippen molar-refractivity contribution >= 4 is 17.9 Å². The van der Waals surface area contributed by atoms with E-state index < -0.39 is 6.10 Å². The zero-order chi connectivity index (χ0) is 45.8. The molecule has 0 unspecified atom stereocenters. The molecule has 0 aliphatic carbocycles. The first-order valence-electron chi connectivity index (χ1n) is 27.1. The molecule has 6 heteroatoms. The standard InChI is InChI=1S/C57H102O6/c1-4-7-10-13-16-19-22-25-26-27-28-29-30-33-36-39-42-45-48-51-57(60)63-54(52-61-55(58)49-46-43-40-37-34-31-23-20-17-14-11-8-5-2)53-62-56(59)50-47-44-41-38-35-32-24-21-18-15-12-9-6-3/h16,19,25-26,28-29,33,36,54H,4-15,17-18,20-24,27,30-32,34-35,37-53H2,1-3H3/b19-16-,26-25-,29-28-,36-33-. The van der Waals surface area contributed by atoms with Crippen LogP contribution in [0.5, 0.6) is 0 Å². The second-order valence-electron chi connectivity index (χ2n) is 18.2. The number of unbranched alkanes of at least 4 members (excludes halogenated alkanes) is 30. The summed E-state index contributed by atoms with van der Waals surface area (Å²) in [5.41, 5.74) is 0. The molecule has 0 saturated carbocycles. The predicted molar refractivity (Wildman–Crippen MR) is 270 cm³/mol. The van der Waals surface area contributed by atoms with Gasteiger partial charge in [0, 0.05) is 19.3 Å². The Balaban J connectivity index is 4.41. The summed E-state index contributed by atoms with van der Waals surface area (Å²) in [5.74, 6) is -0.902. The van der Waals surface area contributed by atoms with Gasteiger partial charge < -0.3 is 14.2 Å². The van der Waals surface area contributed by atoms with Gasteiger partial charge in [0.25, 0.3) is 0 Å². The Morgan fingerprint density at radius 3 is 0.921 bits per heavy atom. The van der Waals surface area contributed by atoms with Crippen molar-refractivity contribution in [1.82, 2.24) is 0 Å². The second kappa shape index (κ2) is 52.0. The second-order valence-corrected chi connectivity index (χ2v) is 18.2. The molecule has 0 aromatic carbocycles. The van der Waals surface area contributed by atoms with E-state index in [4.69, 9.17) is 14.2 Å². The highest BCUT2D eigenvalue weighted by Crippen LogP contribution is 2.16. The molecule has 0 saturated heterocycles. The van der Waals surface area contributed by atoms with Gasteiger partial charge in [0.05, 0.1) is 0 Å². The molecule has 63 heavy (non-hydrogen) atoms. The molecule has 0 N–H and O–H groups in total. The van der Waals surface area contributed by atoms with E-state index in [2.05, 4.69) is 69.4 Å². The Kier molecular flexibility index (Phi) is 49.8. The lowest BCUT2D eigenvalue weighted by molar-refractivity contribution is -0.167. The molecule has 0 amide bonds. The van der Waals surface area contributed by atoms with Gasteiger partial charge in [0.2, 0.25) is 0 Å². The van der Waals surface area contributed by atoms with Crippen molar-refractivity contribution in [2.24, 2.45) is 0 Å². The van der Waals surface area contributed by atoms with Crippen LogP contribution in [-0.2, 0) is 28.6 Å². The van der Waals surface area contributed by atoms with Crippen molar-refractivity contribution in [3.63, 3.8) is 0 Å². The van der Waals surface area contributed by atoms with Gasteiger partial charge in [0.1, 0.15) is 13.2 Å². The lowest BCUT2D eigenvalue weighted by Gasteiger charge is -2.18. The molecule has 0 aliphatic heterocycles. The summed E-state index contributed by atoms with van der Waals surface area (Å²) in [5, 5.41) is 0. The van der Waals surface area contributed by atoms with E-state index in [1.54, 1.807) is 0 Å². The van der Waals surface area contributed by atoms with E-state index in [0.29, 0.717) is 19.3 Å². The molecule has 0 spiro atoms. The van der Waals surface area contributed by atoms with Gasteiger partial charge >= 0.3 is 17.9 Å². The summed E-state index contributed by atoms with van der Waals surface area (Å²) >= 11 is 0. The highest BCUT2D eigenvalue weighted by Gasteiger charge is 2.19. The summed E-state index contributed by atoms with van der Waals surface area (Å²) in [6.07, 6.45) is 62.3. The molecule has 0 aromatic rings. The van der Waals surface area contributed by atoms with Gasteiger partial charge in [0.15, 0.2) is 6.10 Å². The Labute approximate surface area is 390 Å². The summed E-state index contributed by atoms with van der Waals surface area (Å²) < 4.78 is 16.8. The highest BCUT2D eigenvalue weighted by molar-refractivity contribution is 5.71. The number of hydrogen-bond donors (Lipinski definition) is 0. The molecule has 366 valence electrons. The van der Waals surface area contributed by atoms with Crippen LogP contribution in [0.25, 0.3) is 0 Å². The summed E-state index contributed by atoms with van der Waals surface area (Å²) in [7, 11) is 0. The van der Waals surface area contributed by atoms with Crippen LogP contribution in [0.1, 0.15) is 278 Å². The number of hydrogen-bond acceptors (Lipinski definition) is 6. The normalized spacial score (nSPS) is 11.9. The van der Waals surface area contributed by atoms with E-state index in [1.165, 1.54) is 154 Å². The lowest BCUT2D eigenvalue weighted by Crippen LogP contribution is -2.30. The minimum absolute atomic E-state index is 0.0822. The number of carbonyl (C=O) groups is 3. The molecule has 0 aliphatic rings. The van der Waals surface area contributed by atoms with Gasteiger partial charge in [-0.05, 0) is 64.2 Å². The molecule has 0 fully saturated rings. The number of rotatable bonds is 49. The van der Waals surface area contributed by atoms with Gasteiger partial charge in [-0.25, -0.2) is 0 Å². The van der Waals surface area contributed by atoms with Gasteiger partial charge in [-0.2, -0.15) is 0 Å². The molecule has 0 radical (unpaired) electrons. The fourth-order valence-corrected chi connectivity index (χ4v) is 7.72. The highest BCUT2D eigenvalue weighted by atomic mass is 16.6. The molecule has 6 nitrogen and oxygen atoms in total. The number of carbonyl (C=O) groups excluding carboxylic acids is 3. The van der Waals surface area contributed by atoms with Crippen molar-refractivity contribution in [3.05, 3.63) is 48.6 Å². The first-order chi connectivity index (χ1) is 31.0. The van der Waals surface area contributed by atoms with Crippen LogP contribution in [0, 0.1) is 0 Å². The van der Waals surface area contributed by atoms with Gasteiger partial charge in [-0.1, -0.05) is 243 Å². The third-order valence-electron chi connectivity index (χ3n) is 11.8. The topological polar surface area (TPSA) is 78.9 Å². The van der Waals surface area contributed by atoms with Crippen molar-refractivity contribution in [1.29, 1.82) is 0 Å². The minimum Gasteiger partial charge on any atom is -0.462 e. The first kappa shape index (κ1) is 60.4. The van der Waals surface area contributed by atoms with Crippen LogP contribution in [-0.4, -0.2) is 37.2 Å². The molecular weight excluding hydrogens is 781 g/mol. The van der Waals surface area contributed by atoms with Gasteiger partial charge in [-0.15, -0.1) is 0 Å². The summed E-state index contributed by atoms with van der Waals surface area (Å²) in [6, 6.07) is 0. The minimum atomic E-state index is -0.785. The van der Waals surface area contributed by atoms with Crippen LogP contribution in [0.2, 0.25) is 0 Å². The van der Waals surface area contributed by atoms with Crippen LogP contribution in [0.3, 0.4) is 0 Å². The van der Waals surface area contributed by atoms with E-state index >= 15 is 0 Å². The zero-order valence-electron chi connectivity index (χ0n) is 41.8. The van der Waals surface area contributed by atoms with Crippen LogP contribution >= 0.6 is 0 Å². The Morgan fingerprint density at radius 2 is 0.571 bits per heavy atom. The van der Waals surface area contributed by atoms with Crippen LogP contribution < -0.4 is 0 Å². The van der Waals surface area contributed by atoms with Crippen molar-refractivity contribution in [2.75, 3.05) is 13.2 Å². The Morgan fingerprint density at radius 1 is 0.317 bits per heavy atom.